The first-order valence-electron chi connectivity index (χ1n) is 15.2. The van der Waals surface area contributed by atoms with Gasteiger partial charge in [-0.1, -0.05) is 59.6 Å². The summed E-state index contributed by atoms with van der Waals surface area (Å²) in [6, 6.07) is 19.0. The lowest BCUT2D eigenvalue weighted by Gasteiger charge is -2.49. The van der Waals surface area contributed by atoms with Crippen LogP contribution in [0.5, 0.6) is 0 Å². The van der Waals surface area contributed by atoms with E-state index >= 15 is 4.39 Å². The van der Waals surface area contributed by atoms with Crippen LogP contribution in [0.2, 0.25) is 10.0 Å². The standard InChI is InChI=1S/C32H31Cl2FN6O4S/c33-22-12-10-20(11-13-22)30-31(21-4-3-5-23(34)16-21)45-28(17-29-36-38-39-37-29)32(42)41(30)27(19-8-9-19)18-40(46(43,44)24-14-15-24)26-7-2-1-6-25(26)35/h1-7,10-13,16,19,24,27-28,30-31H,8-9,14-15,17-18H2,(H,36,37,38,39)/t27-,28+,30-,31-/m1/s1. The third-order valence-electron chi connectivity index (χ3n) is 8.83. The average Bonchev–Trinajstić information content (AvgIpc) is 3.98. The highest BCUT2D eigenvalue weighted by molar-refractivity contribution is 7.93. The SMILES string of the molecule is O=C1[C@H](Cc2nnn[nH]2)O[C@H](c2cccc(Cl)c2)[C@@H](c2ccc(Cl)cc2)N1[C@H](CN(c1ccccc1F)S(=O)(=O)C1CC1)C1CC1. The second kappa shape index (κ2) is 12.6. The van der Waals surface area contributed by atoms with E-state index < -0.39 is 45.4 Å². The summed E-state index contributed by atoms with van der Waals surface area (Å²) < 4.78 is 51.1. The molecule has 0 radical (unpaired) electrons. The summed E-state index contributed by atoms with van der Waals surface area (Å²) in [6.07, 6.45) is 0.935. The zero-order valence-corrected chi connectivity index (χ0v) is 26.9. The van der Waals surface area contributed by atoms with Gasteiger partial charge in [0.2, 0.25) is 10.0 Å². The second-order valence-corrected chi connectivity index (χ2v) is 15.0. The Kier molecular flexibility index (Phi) is 8.47. The molecule has 1 amide bonds. The molecule has 10 nitrogen and oxygen atoms in total. The van der Waals surface area contributed by atoms with E-state index in [1.54, 1.807) is 35.2 Å². The van der Waals surface area contributed by atoms with Crippen LogP contribution < -0.4 is 4.31 Å². The fraction of sp³-hybridized carbons (Fsp3) is 0.375. The molecule has 3 aromatic carbocycles. The monoisotopic (exact) mass is 684 g/mol. The normalized spacial score (nSPS) is 22.5. The number of aromatic nitrogens is 4. The Morgan fingerprint density at radius 3 is 2.39 bits per heavy atom. The van der Waals surface area contributed by atoms with Crippen LogP contribution in [0, 0.1) is 11.7 Å². The fourth-order valence-electron chi connectivity index (χ4n) is 6.30. The fourth-order valence-corrected chi connectivity index (χ4v) is 8.50. The highest BCUT2D eigenvalue weighted by Crippen LogP contribution is 2.49. The van der Waals surface area contributed by atoms with Gasteiger partial charge in [0.05, 0.1) is 29.6 Å². The predicted molar refractivity (Wildman–Crippen MR) is 170 cm³/mol. The maximum Gasteiger partial charge on any atom is 0.253 e. The summed E-state index contributed by atoms with van der Waals surface area (Å²) in [6.45, 7) is -0.112. The van der Waals surface area contributed by atoms with Gasteiger partial charge in [0, 0.05) is 16.5 Å². The molecule has 2 aliphatic carbocycles. The van der Waals surface area contributed by atoms with Crippen LogP contribution in [0.3, 0.4) is 0 Å². The molecule has 3 aliphatic rings. The zero-order chi connectivity index (χ0) is 32.0. The van der Waals surface area contributed by atoms with Gasteiger partial charge in [-0.25, -0.2) is 17.9 Å². The third-order valence-corrected chi connectivity index (χ3v) is 11.6. The minimum Gasteiger partial charge on any atom is -0.357 e. The molecule has 1 saturated heterocycles. The summed E-state index contributed by atoms with van der Waals surface area (Å²) in [5, 5.41) is 14.4. The van der Waals surface area contributed by atoms with Gasteiger partial charge in [0.15, 0.2) is 5.82 Å². The summed E-state index contributed by atoms with van der Waals surface area (Å²) in [7, 11) is -3.92. The third kappa shape index (κ3) is 6.23. The molecule has 7 rings (SSSR count). The number of amides is 1. The van der Waals surface area contributed by atoms with Crippen molar-refractivity contribution in [2.24, 2.45) is 5.92 Å². The number of rotatable bonds is 11. The molecule has 1 aromatic heterocycles. The number of morpholine rings is 1. The number of halogens is 3. The van der Waals surface area contributed by atoms with Crippen molar-refractivity contribution in [2.75, 3.05) is 10.8 Å². The number of hydrogen-bond acceptors (Lipinski definition) is 7. The number of carbonyl (C=O) groups excluding carboxylic acids is 1. The van der Waals surface area contributed by atoms with Crippen LogP contribution in [-0.4, -0.2) is 63.8 Å². The molecule has 0 spiro atoms. The van der Waals surface area contributed by atoms with Crippen LogP contribution >= 0.6 is 23.2 Å². The van der Waals surface area contributed by atoms with E-state index in [9.17, 15) is 13.2 Å². The number of tetrazole rings is 1. The van der Waals surface area contributed by atoms with E-state index in [4.69, 9.17) is 27.9 Å². The number of ether oxygens (including phenoxy) is 1. The van der Waals surface area contributed by atoms with Gasteiger partial charge in [0.25, 0.3) is 5.91 Å². The first-order valence-corrected chi connectivity index (χ1v) is 17.4. The smallest absolute Gasteiger partial charge is 0.253 e. The van der Waals surface area contributed by atoms with Crippen LogP contribution in [0.4, 0.5) is 10.1 Å². The van der Waals surface area contributed by atoms with Crippen LogP contribution in [0.25, 0.3) is 0 Å². The molecule has 4 atom stereocenters. The number of aromatic amines is 1. The number of nitrogens with one attached hydrogen (secondary N) is 1. The number of sulfonamides is 1. The molecule has 2 saturated carbocycles. The van der Waals surface area contributed by atoms with Gasteiger partial charge in [-0.3, -0.25) is 9.10 Å². The number of hydrogen-bond donors (Lipinski definition) is 1. The summed E-state index contributed by atoms with van der Waals surface area (Å²) in [5.74, 6) is -0.645. The van der Waals surface area contributed by atoms with Crippen molar-refractivity contribution >= 4 is 44.8 Å². The van der Waals surface area contributed by atoms with E-state index in [-0.39, 0.29) is 30.5 Å². The minimum atomic E-state index is -3.92. The van der Waals surface area contributed by atoms with Crippen molar-refractivity contribution in [3.63, 3.8) is 0 Å². The van der Waals surface area contributed by atoms with Gasteiger partial charge in [-0.2, -0.15) is 0 Å². The van der Waals surface area contributed by atoms with E-state index in [0.29, 0.717) is 28.7 Å². The summed E-state index contributed by atoms with van der Waals surface area (Å²) in [4.78, 5) is 16.5. The van der Waals surface area contributed by atoms with Crippen LogP contribution in [-0.2, 0) is 26.0 Å². The number of para-hydroxylation sites is 1. The van der Waals surface area contributed by atoms with Crippen molar-refractivity contribution in [1.82, 2.24) is 25.5 Å². The largest absolute Gasteiger partial charge is 0.357 e. The van der Waals surface area contributed by atoms with Crippen molar-refractivity contribution in [3.05, 3.63) is 106 Å². The molecular weight excluding hydrogens is 654 g/mol. The van der Waals surface area contributed by atoms with Crippen LogP contribution in [0.15, 0.2) is 72.8 Å². The lowest BCUT2D eigenvalue weighted by molar-refractivity contribution is -0.179. The Balaban J connectivity index is 1.37. The molecule has 0 unspecified atom stereocenters. The van der Waals surface area contributed by atoms with Crippen molar-refractivity contribution in [1.29, 1.82) is 0 Å². The number of H-pyrrole nitrogens is 1. The zero-order valence-electron chi connectivity index (χ0n) is 24.5. The molecule has 1 aliphatic heterocycles. The molecule has 0 bridgehead atoms. The summed E-state index contributed by atoms with van der Waals surface area (Å²) in [5.41, 5.74) is 1.45. The maximum atomic E-state index is 15.4. The molecule has 46 heavy (non-hydrogen) atoms. The van der Waals surface area contributed by atoms with Gasteiger partial charge in [-0.05, 0) is 89.6 Å². The van der Waals surface area contributed by atoms with Gasteiger partial charge < -0.3 is 9.64 Å². The highest BCUT2D eigenvalue weighted by Gasteiger charge is 2.52. The Morgan fingerprint density at radius 2 is 1.74 bits per heavy atom. The molecule has 4 aromatic rings. The minimum absolute atomic E-state index is 0.0202. The van der Waals surface area contributed by atoms with E-state index in [1.807, 2.05) is 24.3 Å². The first-order chi connectivity index (χ1) is 22.2. The maximum absolute atomic E-state index is 15.4. The Hall–Kier alpha value is -3.58. The van der Waals surface area contributed by atoms with Crippen molar-refractivity contribution in [3.8, 4) is 0 Å². The summed E-state index contributed by atoms with van der Waals surface area (Å²) >= 11 is 12.8. The Morgan fingerprint density at radius 1 is 0.978 bits per heavy atom. The number of benzene rings is 3. The highest BCUT2D eigenvalue weighted by atomic mass is 35.5. The Bertz CT molecular complexity index is 1820. The molecule has 240 valence electrons. The second-order valence-electron chi connectivity index (χ2n) is 12.0. The average molecular weight is 686 g/mol. The van der Waals surface area contributed by atoms with Crippen molar-refractivity contribution in [2.45, 2.75) is 61.6 Å². The topological polar surface area (TPSA) is 121 Å². The molecule has 14 heteroatoms. The van der Waals surface area contributed by atoms with Crippen molar-refractivity contribution < 1.29 is 22.3 Å². The van der Waals surface area contributed by atoms with Gasteiger partial charge in [-0.15, -0.1) is 5.10 Å². The van der Waals surface area contributed by atoms with E-state index in [0.717, 1.165) is 24.0 Å². The molecule has 2 heterocycles. The number of carbonyl (C=O) groups is 1. The van der Waals surface area contributed by atoms with Gasteiger partial charge >= 0.3 is 0 Å². The van der Waals surface area contributed by atoms with E-state index in [1.165, 1.54) is 22.5 Å². The van der Waals surface area contributed by atoms with Gasteiger partial charge in [0.1, 0.15) is 18.0 Å². The molecular formula is C32H31Cl2FN6O4S. The quantitative estimate of drug-likeness (QED) is 0.216. The number of anilines is 1. The van der Waals surface area contributed by atoms with Crippen LogP contribution in [0.1, 0.15) is 54.8 Å². The number of nitrogens with zero attached hydrogens (tertiary/aromatic N) is 5. The van der Waals surface area contributed by atoms with E-state index in [2.05, 4.69) is 20.6 Å². The lowest BCUT2D eigenvalue weighted by Crippen LogP contribution is -2.59. The predicted octanol–water partition coefficient (Wildman–Crippen LogP) is 5.68. The first kappa shape index (κ1) is 31.0. The molecule has 3 fully saturated rings. The Labute approximate surface area is 275 Å². The lowest BCUT2D eigenvalue weighted by atomic mass is 9.89. The molecule has 1 N–H and O–H groups in total.